The number of aromatic nitrogens is 1. The minimum absolute atomic E-state index is 0.125. The number of likely N-dealkylation sites (N-methyl/N-ethyl adjacent to an activating group) is 1. The topological polar surface area (TPSA) is 63.9 Å². The maximum Gasteiger partial charge on any atom is 0.271 e. The fourth-order valence-corrected chi connectivity index (χ4v) is 6.53. The molecule has 6 nitrogen and oxygen atoms in total. The molecule has 0 N–H and O–H groups in total. The Kier molecular flexibility index (Phi) is 8.92. The lowest BCUT2D eigenvalue weighted by Crippen LogP contribution is -2.43. The van der Waals surface area contributed by atoms with Gasteiger partial charge in [0.2, 0.25) is 0 Å². The van der Waals surface area contributed by atoms with E-state index in [0.29, 0.717) is 51.1 Å². The van der Waals surface area contributed by atoms with Gasteiger partial charge in [0.15, 0.2) is 4.80 Å². The summed E-state index contributed by atoms with van der Waals surface area (Å²) in [7, 11) is 0. The van der Waals surface area contributed by atoms with E-state index in [0.717, 1.165) is 21.2 Å². The highest BCUT2D eigenvalue weighted by Crippen LogP contribution is 2.32. The molecule has 0 saturated heterocycles. The van der Waals surface area contributed by atoms with Crippen molar-refractivity contribution in [1.29, 1.82) is 0 Å². The van der Waals surface area contributed by atoms with Gasteiger partial charge in [-0.1, -0.05) is 71.5 Å². The lowest BCUT2D eigenvalue weighted by molar-refractivity contribution is -0.127. The highest BCUT2D eigenvalue weighted by Gasteiger charge is 2.34. The SMILES string of the molecule is CCN(CC)C(=O)C1=C(C)N=c2s/c(=C/c3ccc(OCc4ccccc4)c(Br)c3)c(=O)n2[C@@H]1c1ccc(Cl)cc1. The van der Waals surface area contributed by atoms with Crippen LogP contribution in [0.2, 0.25) is 5.02 Å². The predicted octanol–water partition coefficient (Wildman–Crippen LogP) is 6.10. The average Bonchev–Trinajstić information content (AvgIpc) is 3.27. The molecule has 1 atom stereocenters. The molecule has 4 aromatic rings. The van der Waals surface area contributed by atoms with Gasteiger partial charge in [0.05, 0.1) is 26.3 Å². The molecule has 0 fully saturated rings. The van der Waals surface area contributed by atoms with E-state index in [4.69, 9.17) is 21.3 Å². The Bertz CT molecular complexity index is 1790. The average molecular weight is 651 g/mol. The molecule has 1 aliphatic rings. The zero-order valence-electron chi connectivity index (χ0n) is 22.9. The highest BCUT2D eigenvalue weighted by molar-refractivity contribution is 9.10. The first-order chi connectivity index (χ1) is 19.8. The first-order valence-electron chi connectivity index (χ1n) is 13.3. The van der Waals surface area contributed by atoms with E-state index in [9.17, 15) is 9.59 Å². The number of nitrogens with zero attached hydrogens (tertiary/aromatic N) is 3. The molecule has 1 aromatic heterocycles. The first-order valence-corrected chi connectivity index (χ1v) is 15.3. The summed E-state index contributed by atoms with van der Waals surface area (Å²) in [6, 6.07) is 22.4. The van der Waals surface area contributed by atoms with Crippen LogP contribution in [0.1, 0.15) is 43.5 Å². The molecule has 0 spiro atoms. The van der Waals surface area contributed by atoms with Gasteiger partial charge < -0.3 is 9.64 Å². The van der Waals surface area contributed by atoms with Crippen LogP contribution in [0.3, 0.4) is 0 Å². The van der Waals surface area contributed by atoms with Crippen molar-refractivity contribution in [3.05, 3.63) is 130 Å². The van der Waals surface area contributed by atoms with E-state index >= 15 is 0 Å². The number of amides is 1. The number of hydrogen-bond acceptors (Lipinski definition) is 5. The zero-order chi connectivity index (χ0) is 29.1. The maximum atomic E-state index is 13.9. The van der Waals surface area contributed by atoms with Crippen molar-refractivity contribution in [2.45, 2.75) is 33.4 Å². The summed E-state index contributed by atoms with van der Waals surface area (Å²) in [4.78, 5) is 34.7. The molecular formula is C32H29BrClN3O3S. The molecule has 2 heterocycles. The van der Waals surface area contributed by atoms with Gasteiger partial charge in [-0.15, -0.1) is 0 Å². The van der Waals surface area contributed by atoms with Crippen LogP contribution in [0.25, 0.3) is 6.08 Å². The van der Waals surface area contributed by atoms with Crippen molar-refractivity contribution in [2.24, 2.45) is 4.99 Å². The molecule has 0 radical (unpaired) electrons. The second kappa shape index (κ2) is 12.6. The normalized spacial score (nSPS) is 15.0. The van der Waals surface area contributed by atoms with Crippen LogP contribution in [0.15, 0.2) is 98.3 Å². The molecule has 0 saturated carbocycles. The first kappa shape index (κ1) is 29.0. The van der Waals surface area contributed by atoms with E-state index in [2.05, 4.69) is 15.9 Å². The second-order valence-corrected chi connectivity index (χ2v) is 11.9. The van der Waals surface area contributed by atoms with Gasteiger partial charge in [-0.25, -0.2) is 4.99 Å². The van der Waals surface area contributed by atoms with Crippen LogP contribution in [0, 0.1) is 0 Å². The number of allylic oxidation sites excluding steroid dienone is 1. The second-order valence-electron chi connectivity index (χ2n) is 9.57. The van der Waals surface area contributed by atoms with E-state index in [1.165, 1.54) is 11.3 Å². The van der Waals surface area contributed by atoms with Crippen molar-refractivity contribution in [3.63, 3.8) is 0 Å². The third kappa shape index (κ3) is 6.10. The number of hydrogen-bond donors (Lipinski definition) is 0. The molecule has 1 amide bonds. The fraction of sp³-hybridized carbons (Fsp3) is 0.219. The van der Waals surface area contributed by atoms with E-state index in [1.54, 1.807) is 21.6 Å². The number of rotatable bonds is 8. The van der Waals surface area contributed by atoms with Gasteiger partial charge in [-0.3, -0.25) is 14.2 Å². The third-order valence-electron chi connectivity index (χ3n) is 6.98. The van der Waals surface area contributed by atoms with Gasteiger partial charge in [-0.05, 0) is 83.7 Å². The predicted molar refractivity (Wildman–Crippen MR) is 168 cm³/mol. The minimum atomic E-state index is -0.612. The van der Waals surface area contributed by atoms with Gasteiger partial charge >= 0.3 is 0 Å². The summed E-state index contributed by atoms with van der Waals surface area (Å²) in [5, 5.41) is 0.584. The fourth-order valence-electron chi connectivity index (χ4n) is 4.85. The van der Waals surface area contributed by atoms with Crippen molar-refractivity contribution in [1.82, 2.24) is 9.47 Å². The molecule has 41 heavy (non-hydrogen) atoms. The van der Waals surface area contributed by atoms with E-state index < -0.39 is 6.04 Å². The summed E-state index contributed by atoms with van der Waals surface area (Å²) in [6.07, 6.45) is 1.85. The Balaban J connectivity index is 1.55. The largest absolute Gasteiger partial charge is 0.488 e. The van der Waals surface area contributed by atoms with Gasteiger partial charge in [0.1, 0.15) is 12.4 Å². The summed E-state index contributed by atoms with van der Waals surface area (Å²) < 4.78 is 8.93. The quantitative estimate of drug-likeness (QED) is 0.232. The summed E-state index contributed by atoms with van der Waals surface area (Å²) in [5.41, 5.74) is 3.62. The van der Waals surface area contributed by atoms with Crippen LogP contribution in [0.4, 0.5) is 0 Å². The molecule has 5 rings (SSSR count). The molecule has 210 valence electrons. The monoisotopic (exact) mass is 649 g/mol. The number of carbonyl (C=O) groups is 1. The maximum absolute atomic E-state index is 13.9. The van der Waals surface area contributed by atoms with Crippen LogP contribution in [0.5, 0.6) is 5.75 Å². The smallest absolute Gasteiger partial charge is 0.271 e. The number of halogens is 2. The Morgan fingerprint density at radius 2 is 1.80 bits per heavy atom. The lowest BCUT2D eigenvalue weighted by Gasteiger charge is -2.29. The molecule has 1 aliphatic heterocycles. The molecule has 3 aromatic carbocycles. The van der Waals surface area contributed by atoms with Crippen molar-refractivity contribution in [3.8, 4) is 5.75 Å². The number of fused-ring (bicyclic) bond motifs is 1. The lowest BCUT2D eigenvalue weighted by atomic mass is 9.94. The molecule has 0 aliphatic carbocycles. The molecule has 0 unspecified atom stereocenters. The molecular weight excluding hydrogens is 622 g/mol. The number of ether oxygens (including phenoxy) is 1. The number of carbonyl (C=O) groups excluding carboxylic acids is 1. The van der Waals surface area contributed by atoms with Crippen LogP contribution in [-0.2, 0) is 11.4 Å². The van der Waals surface area contributed by atoms with Crippen LogP contribution in [-0.4, -0.2) is 28.5 Å². The zero-order valence-corrected chi connectivity index (χ0v) is 26.1. The van der Waals surface area contributed by atoms with Gasteiger partial charge in [-0.2, -0.15) is 0 Å². The number of thiazole rings is 1. The summed E-state index contributed by atoms with van der Waals surface area (Å²) in [5.74, 6) is 0.589. The Morgan fingerprint density at radius 1 is 1.10 bits per heavy atom. The summed E-state index contributed by atoms with van der Waals surface area (Å²) in [6.45, 7) is 7.30. The van der Waals surface area contributed by atoms with Gasteiger partial charge in [0, 0.05) is 18.1 Å². The third-order valence-corrected chi connectivity index (χ3v) is 8.83. The van der Waals surface area contributed by atoms with E-state index in [-0.39, 0.29) is 11.5 Å². The van der Waals surface area contributed by atoms with Crippen LogP contribution < -0.4 is 19.6 Å². The summed E-state index contributed by atoms with van der Waals surface area (Å²) >= 11 is 11.1. The highest BCUT2D eigenvalue weighted by atomic mass is 79.9. The van der Waals surface area contributed by atoms with Crippen LogP contribution >= 0.6 is 38.9 Å². The molecule has 9 heteroatoms. The Labute approximate surface area is 256 Å². The molecule has 0 bridgehead atoms. The van der Waals surface area contributed by atoms with Crippen molar-refractivity contribution in [2.75, 3.05) is 13.1 Å². The Morgan fingerprint density at radius 3 is 2.46 bits per heavy atom. The minimum Gasteiger partial charge on any atom is -0.488 e. The van der Waals surface area contributed by atoms with Crippen molar-refractivity contribution < 1.29 is 9.53 Å². The van der Waals surface area contributed by atoms with Gasteiger partial charge in [0.25, 0.3) is 11.5 Å². The Hall–Kier alpha value is -3.46. The number of benzene rings is 3. The van der Waals surface area contributed by atoms with E-state index in [1.807, 2.05) is 87.5 Å². The van der Waals surface area contributed by atoms with Crippen molar-refractivity contribution >= 4 is 50.9 Å². The standard InChI is InChI=1S/C32H29BrClN3O3S/c1-4-36(5-2)31(39)28-20(3)35-32-37(29(28)23-12-14-24(34)15-13-23)30(38)27(41-32)18-22-11-16-26(25(33)17-22)40-19-21-9-7-6-8-10-21/h6-18,29H,4-5,19H2,1-3H3/b27-18+/t29-/m1/s1.